The van der Waals surface area contributed by atoms with Crippen molar-refractivity contribution in [3.05, 3.63) is 48.0 Å². The zero-order valence-corrected chi connectivity index (χ0v) is 20.0. The van der Waals surface area contributed by atoms with Crippen LogP contribution in [0.2, 0.25) is 0 Å². The first-order valence-electron chi connectivity index (χ1n) is 10.8. The van der Waals surface area contributed by atoms with Crippen molar-refractivity contribution in [3.8, 4) is 23.0 Å². The number of aromatic nitrogens is 2. The van der Waals surface area contributed by atoms with Crippen LogP contribution in [-0.2, 0) is 10.0 Å². The van der Waals surface area contributed by atoms with Gasteiger partial charge in [0.25, 0.3) is 11.8 Å². The lowest BCUT2D eigenvalue weighted by Crippen LogP contribution is -2.37. The fourth-order valence-electron chi connectivity index (χ4n) is 3.76. The smallest absolute Gasteiger partial charge is 0.322 e. The van der Waals surface area contributed by atoms with Crippen molar-refractivity contribution in [2.45, 2.75) is 24.7 Å². The van der Waals surface area contributed by atoms with Gasteiger partial charge < -0.3 is 13.9 Å². The second-order valence-electron chi connectivity index (χ2n) is 8.02. The highest BCUT2D eigenvalue weighted by molar-refractivity contribution is 7.89. The standard InChI is InChI=1S/C23H26N4O6S/c1-15-11-13-27(14-12-15)34(29,30)17-9-7-16(8-10-17)21(28)24-23-26-25-22(33-23)18-5-4-6-19(31-2)20(18)32-3/h4-10,15H,11-14H2,1-3H3,(H,24,26,28). The van der Waals surface area contributed by atoms with Crippen molar-refractivity contribution in [2.75, 3.05) is 32.6 Å². The highest BCUT2D eigenvalue weighted by Gasteiger charge is 2.28. The molecule has 0 bridgehead atoms. The van der Waals surface area contributed by atoms with E-state index in [9.17, 15) is 13.2 Å². The fraction of sp³-hybridized carbons (Fsp3) is 0.348. The molecule has 3 aromatic rings. The van der Waals surface area contributed by atoms with Gasteiger partial charge in [-0.15, -0.1) is 5.10 Å². The molecule has 1 fully saturated rings. The molecular formula is C23H26N4O6S. The number of carbonyl (C=O) groups excluding carboxylic acids is 1. The number of hydrogen-bond acceptors (Lipinski definition) is 8. The monoisotopic (exact) mass is 486 g/mol. The Kier molecular flexibility index (Phi) is 6.85. The third-order valence-electron chi connectivity index (χ3n) is 5.78. The third-order valence-corrected chi connectivity index (χ3v) is 7.69. The quantitative estimate of drug-likeness (QED) is 0.539. The maximum Gasteiger partial charge on any atom is 0.322 e. The molecular weight excluding hydrogens is 460 g/mol. The van der Waals surface area contributed by atoms with E-state index in [2.05, 4.69) is 22.4 Å². The summed E-state index contributed by atoms with van der Waals surface area (Å²) >= 11 is 0. The van der Waals surface area contributed by atoms with Crippen LogP contribution < -0.4 is 14.8 Å². The molecule has 1 amide bonds. The molecule has 11 heteroatoms. The van der Waals surface area contributed by atoms with Gasteiger partial charge >= 0.3 is 6.01 Å². The Balaban J connectivity index is 1.47. The van der Waals surface area contributed by atoms with Gasteiger partial charge in [-0.2, -0.15) is 4.31 Å². The number of ether oxygens (including phenoxy) is 2. The first-order valence-corrected chi connectivity index (χ1v) is 12.2. The lowest BCUT2D eigenvalue weighted by atomic mass is 10.0. The van der Waals surface area contributed by atoms with Crippen LogP contribution in [0.25, 0.3) is 11.5 Å². The molecule has 2 aromatic carbocycles. The second kappa shape index (κ2) is 9.82. The van der Waals surface area contributed by atoms with E-state index in [-0.39, 0.29) is 22.4 Å². The van der Waals surface area contributed by atoms with Crippen LogP contribution in [-0.4, -0.2) is 56.1 Å². The van der Waals surface area contributed by atoms with E-state index in [1.54, 1.807) is 18.2 Å². The molecule has 0 unspecified atom stereocenters. The number of nitrogens with zero attached hydrogens (tertiary/aromatic N) is 3. The molecule has 1 saturated heterocycles. The highest BCUT2D eigenvalue weighted by atomic mass is 32.2. The number of piperidine rings is 1. The minimum Gasteiger partial charge on any atom is -0.493 e. The number of carbonyl (C=O) groups is 1. The summed E-state index contributed by atoms with van der Waals surface area (Å²) in [7, 11) is -0.573. The molecule has 0 saturated carbocycles. The van der Waals surface area contributed by atoms with Crippen LogP contribution >= 0.6 is 0 Å². The lowest BCUT2D eigenvalue weighted by Gasteiger charge is -2.29. The summed E-state index contributed by atoms with van der Waals surface area (Å²) in [4.78, 5) is 12.8. The van der Waals surface area contributed by atoms with Crippen molar-refractivity contribution < 1.29 is 27.1 Å². The highest BCUT2D eigenvalue weighted by Crippen LogP contribution is 2.37. The van der Waals surface area contributed by atoms with E-state index in [0.29, 0.717) is 36.1 Å². The van der Waals surface area contributed by atoms with Gasteiger partial charge in [-0.3, -0.25) is 10.1 Å². The molecule has 34 heavy (non-hydrogen) atoms. The van der Waals surface area contributed by atoms with Crippen molar-refractivity contribution in [3.63, 3.8) is 0 Å². The van der Waals surface area contributed by atoms with Gasteiger partial charge in [-0.25, -0.2) is 8.42 Å². The van der Waals surface area contributed by atoms with Gasteiger partial charge in [0.05, 0.1) is 24.7 Å². The van der Waals surface area contributed by atoms with Gasteiger partial charge in [-0.05, 0) is 55.2 Å². The Morgan fingerprint density at radius 2 is 1.76 bits per heavy atom. The minimum absolute atomic E-state index is 0.107. The van der Waals surface area contributed by atoms with Gasteiger partial charge in [0.1, 0.15) is 0 Å². The molecule has 0 aliphatic carbocycles. The Morgan fingerprint density at radius 3 is 2.41 bits per heavy atom. The van der Waals surface area contributed by atoms with E-state index >= 15 is 0 Å². The normalized spacial score (nSPS) is 15.1. The van der Waals surface area contributed by atoms with Crippen molar-refractivity contribution in [2.24, 2.45) is 5.92 Å². The Labute approximate surface area is 197 Å². The van der Waals surface area contributed by atoms with Crippen molar-refractivity contribution >= 4 is 21.9 Å². The van der Waals surface area contributed by atoms with Crippen LogP contribution in [0, 0.1) is 5.92 Å². The zero-order valence-electron chi connectivity index (χ0n) is 19.1. The van der Waals surface area contributed by atoms with E-state index in [0.717, 1.165) is 12.8 Å². The maximum atomic E-state index is 12.9. The summed E-state index contributed by atoms with van der Waals surface area (Å²) < 4.78 is 43.5. The fourth-order valence-corrected chi connectivity index (χ4v) is 5.23. The minimum atomic E-state index is -3.59. The summed E-state index contributed by atoms with van der Waals surface area (Å²) in [5.41, 5.74) is 0.765. The molecule has 2 heterocycles. The maximum absolute atomic E-state index is 12.9. The largest absolute Gasteiger partial charge is 0.493 e. The number of methoxy groups -OCH3 is 2. The molecule has 0 atom stereocenters. The predicted octanol–water partition coefficient (Wildman–Crippen LogP) is 3.43. The molecule has 1 N–H and O–H groups in total. The molecule has 0 spiro atoms. The average molecular weight is 487 g/mol. The van der Waals surface area contributed by atoms with Gasteiger partial charge in [0.2, 0.25) is 10.0 Å². The molecule has 0 radical (unpaired) electrons. The van der Waals surface area contributed by atoms with Crippen molar-refractivity contribution in [1.29, 1.82) is 0 Å². The first-order chi connectivity index (χ1) is 16.3. The number of rotatable bonds is 7. The number of nitrogens with one attached hydrogen (secondary N) is 1. The van der Waals surface area contributed by atoms with E-state index < -0.39 is 15.9 Å². The first kappa shape index (κ1) is 23.7. The van der Waals surface area contributed by atoms with Gasteiger partial charge in [-0.1, -0.05) is 18.1 Å². The number of hydrogen-bond donors (Lipinski definition) is 1. The predicted molar refractivity (Wildman–Crippen MR) is 124 cm³/mol. The summed E-state index contributed by atoms with van der Waals surface area (Å²) in [6.07, 6.45) is 1.68. The SMILES string of the molecule is COc1cccc(-c2nnc(NC(=O)c3ccc(S(=O)(=O)N4CCC(C)CC4)cc3)o2)c1OC. The van der Waals surface area contributed by atoms with E-state index in [1.165, 1.54) is 42.8 Å². The molecule has 1 aliphatic rings. The topological polar surface area (TPSA) is 124 Å². The van der Waals surface area contributed by atoms with E-state index in [4.69, 9.17) is 13.9 Å². The van der Waals surface area contributed by atoms with Crippen LogP contribution in [0.3, 0.4) is 0 Å². The van der Waals surface area contributed by atoms with Gasteiger partial charge in [0.15, 0.2) is 11.5 Å². The lowest BCUT2D eigenvalue weighted by molar-refractivity contribution is 0.102. The van der Waals surface area contributed by atoms with Gasteiger partial charge in [0, 0.05) is 18.7 Å². The van der Waals surface area contributed by atoms with Crippen LogP contribution in [0.1, 0.15) is 30.1 Å². The van der Waals surface area contributed by atoms with E-state index in [1.807, 2.05) is 0 Å². The van der Waals surface area contributed by atoms with Crippen LogP contribution in [0.4, 0.5) is 6.01 Å². The number of benzene rings is 2. The number of anilines is 1. The molecule has 180 valence electrons. The number of sulfonamides is 1. The molecule has 4 rings (SSSR count). The van der Waals surface area contributed by atoms with Crippen molar-refractivity contribution in [1.82, 2.24) is 14.5 Å². The summed E-state index contributed by atoms with van der Waals surface area (Å²) in [5.74, 6) is 1.07. The molecule has 10 nitrogen and oxygen atoms in total. The second-order valence-corrected chi connectivity index (χ2v) is 9.96. The summed E-state index contributed by atoms with van der Waals surface area (Å²) in [6.45, 7) is 3.13. The number of amides is 1. The Hall–Kier alpha value is -3.44. The van der Waals surface area contributed by atoms with Crippen LogP contribution in [0.15, 0.2) is 51.8 Å². The summed E-state index contributed by atoms with van der Waals surface area (Å²) in [5, 5.41) is 10.4. The zero-order chi connectivity index (χ0) is 24.3. The Morgan fingerprint density at radius 1 is 1.06 bits per heavy atom. The Bertz CT molecular complexity index is 1260. The van der Waals surface area contributed by atoms with Crippen LogP contribution in [0.5, 0.6) is 11.5 Å². The third kappa shape index (κ3) is 4.75. The average Bonchev–Trinajstić information content (AvgIpc) is 3.32. The molecule has 1 aromatic heterocycles. The molecule has 1 aliphatic heterocycles. The summed E-state index contributed by atoms with van der Waals surface area (Å²) in [6, 6.07) is 10.9. The number of para-hydroxylation sites is 1.